The van der Waals surface area contributed by atoms with E-state index in [0.29, 0.717) is 5.92 Å². The first-order valence-corrected chi connectivity index (χ1v) is 6.05. The molecule has 2 N–H and O–H groups in total. The van der Waals surface area contributed by atoms with Crippen molar-refractivity contribution < 1.29 is 4.74 Å². The van der Waals surface area contributed by atoms with Gasteiger partial charge in [-0.25, -0.2) is 0 Å². The molecular weight excluding hydrogens is 202 g/mol. The summed E-state index contributed by atoms with van der Waals surface area (Å²) in [6.45, 7) is 0.817. The van der Waals surface area contributed by atoms with E-state index in [-0.39, 0.29) is 11.6 Å². The molecule has 0 radical (unpaired) electrons. The number of rotatable bonds is 3. The van der Waals surface area contributed by atoms with Crippen molar-refractivity contribution in [3.8, 4) is 0 Å². The number of hydrogen-bond acceptors (Lipinski definition) is 3. The lowest BCUT2D eigenvalue weighted by Crippen LogP contribution is -2.50. The fraction of sp³-hybridized carbons (Fsp3) is 0.750. The van der Waals surface area contributed by atoms with E-state index in [2.05, 4.69) is 11.3 Å². The number of aryl methyl sites for hydroxylation is 1. The van der Waals surface area contributed by atoms with Crippen LogP contribution in [0.1, 0.15) is 24.8 Å². The van der Waals surface area contributed by atoms with Crippen LogP contribution in [0, 0.1) is 5.92 Å². The highest BCUT2D eigenvalue weighted by atomic mass is 16.5. The minimum atomic E-state index is -0.162. The van der Waals surface area contributed by atoms with Gasteiger partial charge in [0.1, 0.15) is 0 Å². The number of nitrogens with two attached hydrogens (primary N) is 1. The largest absolute Gasteiger partial charge is 0.376 e. The lowest BCUT2D eigenvalue weighted by Gasteiger charge is -2.29. The fourth-order valence-electron chi connectivity index (χ4n) is 2.82. The third-order valence-corrected chi connectivity index (χ3v) is 3.77. The van der Waals surface area contributed by atoms with Crippen molar-refractivity contribution in [2.75, 3.05) is 6.61 Å². The molecule has 1 aromatic rings. The molecule has 1 aliphatic heterocycles. The molecule has 0 amide bonds. The summed E-state index contributed by atoms with van der Waals surface area (Å²) >= 11 is 0. The zero-order valence-electron chi connectivity index (χ0n) is 9.72. The zero-order chi connectivity index (χ0) is 11.2. The Labute approximate surface area is 95.8 Å². The monoisotopic (exact) mass is 221 g/mol. The van der Waals surface area contributed by atoms with Gasteiger partial charge in [0.2, 0.25) is 0 Å². The molecule has 88 valence electrons. The van der Waals surface area contributed by atoms with Gasteiger partial charge in [-0.3, -0.25) is 4.68 Å². The van der Waals surface area contributed by atoms with E-state index < -0.39 is 0 Å². The summed E-state index contributed by atoms with van der Waals surface area (Å²) < 4.78 is 7.65. The predicted octanol–water partition coefficient (Wildman–Crippen LogP) is 0.859. The van der Waals surface area contributed by atoms with Gasteiger partial charge in [-0.2, -0.15) is 5.10 Å². The van der Waals surface area contributed by atoms with E-state index in [1.165, 1.54) is 18.4 Å². The van der Waals surface area contributed by atoms with E-state index in [4.69, 9.17) is 10.5 Å². The second-order valence-corrected chi connectivity index (χ2v) is 5.31. The number of ether oxygens (including phenoxy) is 1. The van der Waals surface area contributed by atoms with Crippen LogP contribution in [0.15, 0.2) is 12.4 Å². The van der Waals surface area contributed by atoms with Crippen molar-refractivity contribution >= 4 is 0 Å². The summed E-state index contributed by atoms with van der Waals surface area (Å²) in [7, 11) is 1.94. The van der Waals surface area contributed by atoms with Crippen molar-refractivity contribution in [2.45, 2.75) is 37.3 Å². The quantitative estimate of drug-likeness (QED) is 0.823. The lowest BCUT2D eigenvalue weighted by molar-refractivity contribution is 0.0626. The van der Waals surface area contributed by atoms with E-state index in [0.717, 1.165) is 19.4 Å². The molecule has 1 aromatic heterocycles. The highest BCUT2D eigenvalue weighted by molar-refractivity contribution is 5.14. The number of hydrogen-bond donors (Lipinski definition) is 1. The van der Waals surface area contributed by atoms with Crippen molar-refractivity contribution in [1.82, 2.24) is 9.78 Å². The van der Waals surface area contributed by atoms with Gasteiger partial charge in [-0.1, -0.05) is 0 Å². The number of nitrogens with zero attached hydrogens (tertiary/aromatic N) is 2. The van der Waals surface area contributed by atoms with Crippen LogP contribution in [0.25, 0.3) is 0 Å². The summed E-state index contributed by atoms with van der Waals surface area (Å²) in [6, 6.07) is 0. The molecule has 3 rings (SSSR count). The minimum Gasteiger partial charge on any atom is -0.376 e. The Balaban J connectivity index is 1.76. The summed E-state index contributed by atoms with van der Waals surface area (Å²) in [5, 5.41) is 4.20. The van der Waals surface area contributed by atoms with E-state index in [1.807, 2.05) is 17.9 Å². The Morgan fingerprint density at radius 1 is 1.62 bits per heavy atom. The van der Waals surface area contributed by atoms with E-state index in [9.17, 15) is 0 Å². The third kappa shape index (κ3) is 1.76. The average molecular weight is 221 g/mol. The molecule has 1 aliphatic carbocycles. The van der Waals surface area contributed by atoms with Gasteiger partial charge >= 0.3 is 0 Å². The SMILES string of the molecule is Cn1cc(CC2(N)CCOC2C2CC2)cn1. The van der Waals surface area contributed by atoms with Crippen LogP contribution in [0.3, 0.4) is 0 Å². The lowest BCUT2D eigenvalue weighted by atomic mass is 9.84. The second-order valence-electron chi connectivity index (χ2n) is 5.31. The van der Waals surface area contributed by atoms with Crippen molar-refractivity contribution in [3.63, 3.8) is 0 Å². The summed E-state index contributed by atoms with van der Waals surface area (Å²) in [4.78, 5) is 0. The zero-order valence-corrected chi connectivity index (χ0v) is 9.72. The smallest absolute Gasteiger partial charge is 0.0786 e. The summed E-state index contributed by atoms with van der Waals surface area (Å²) in [5.41, 5.74) is 7.58. The third-order valence-electron chi connectivity index (χ3n) is 3.77. The molecule has 2 heterocycles. The molecule has 2 aliphatic rings. The molecular formula is C12H19N3O. The standard InChI is InChI=1S/C12H19N3O/c1-15-8-9(7-14-15)6-12(13)4-5-16-11(12)10-2-3-10/h7-8,10-11H,2-6,13H2,1H3. The van der Waals surface area contributed by atoms with Crippen LogP contribution in [-0.4, -0.2) is 28.0 Å². The maximum atomic E-state index is 6.52. The van der Waals surface area contributed by atoms with Crippen LogP contribution in [0.4, 0.5) is 0 Å². The predicted molar refractivity (Wildman–Crippen MR) is 60.9 cm³/mol. The van der Waals surface area contributed by atoms with Gasteiger partial charge in [-0.05, 0) is 37.2 Å². The molecule has 1 saturated carbocycles. The van der Waals surface area contributed by atoms with Gasteiger partial charge in [0.15, 0.2) is 0 Å². The topological polar surface area (TPSA) is 53.1 Å². The van der Waals surface area contributed by atoms with Crippen LogP contribution < -0.4 is 5.73 Å². The molecule has 0 aromatic carbocycles. The van der Waals surface area contributed by atoms with Gasteiger partial charge in [0.25, 0.3) is 0 Å². The average Bonchev–Trinajstić information content (AvgIpc) is 2.89. The van der Waals surface area contributed by atoms with Gasteiger partial charge < -0.3 is 10.5 Å². The Morgan fingerprint density at radius 3 is 3.06 bits per heavy atom. The molecule has 4 heteroatoms. The van der Waals surface area contributed by atoms with Crippen molar-refractivity contribution in [1.29, 1.82) is 0 Å². The summed E-state index contributed by atoms with van der Waals surface area (Å²) in [6.07, 6.45) is 8.68. The fourth-order valence-corrected chi connectivity index (χ4v) is 2.82. The normalized spacial score (nSPS) is 34.5. The van der Waals surface area contributed by atoms with Crippen LogP contribution in [0.5, 0.6) is 0 Å². The molecule has 2 fully saturated rings. The summed E-state index contributed by atoms with van der Waals surface area (Å²) in [5.74, 6) is 0.712. The van der Waals surface area contributed by atoms with Crippen molar-refractivity contribution in [2.24, 2.45) is 18.7 Å². The Bertz CT molecular complexity index is 385. The Hall–Kier alpha value is -0.870. The first-order chi connectivity index (χ1) is 7.67. The van der Waals surface area contributed by atoms with Gasteiger partial charge in [0, 0.05) is 25.4 Å². The van der Waals surface area contributed by atoms with Crippen LogP contribution in [-0.2, 0) is 18.2 Å². The maximum absolute atomic E-state index is 6.52. The molecule has 2 unspecified atom stereocenters. The minimum absolute atomic E-state index is 0.162. The molecule has 16 heavy (non-hydrogen) atoms. The molecule has 0 spiro atoms. The van der Waals surface area contributed by atoms with Crippen LogP contribution >= 0.6 is 0 Å². The number of aromatic nitrogens is 2. The van der Waals surface area contributed by atoms with Gasteiger partial charge in [0.05, 0.1) is 12.3 Å². The maximum Gasteiger partial charge on any atom is 0.0786 e. The first-order valence-electron chi connectivity index (χ1n) is 6.05. The molecule has 2 atom stereocenters. The molecule has 4 nitrogen and oxygen atoms in total. The van der Waals surface area contributed by atoms with Gasteiger partial charge in [-0.15, -0.1) is 0 Å². The highest BCUT2D eigenvalue weighted by Gasteiger charge is 2.48. The first kappa shape index (κ1) is 10.3. The Morgan fingerprint density at radius 2 is 2.44 bits per heavy atom. The molecule has 0 bridgehead atoms. The van der Waals surface area contributed by atoms with Crippen LogP contribution in [0.2, 0.25) is 0 Å². The second kappa shape index (κ2) is 3.57. The van der Waals surface area contributed by atoms with E-state index in [1.54, 1.807) is 0 Å². The van der Waals surface area contributed by atoms with E-state index >= 15 is 0 Å². The Kier molecular flexibility index (Phi) is 2.30. The van der Waals surface area contributed by atoms with Crippen molar-refractivity contribution in [3.05, 3.63) is 18.0 Å². The molecule has 1 saturated heterocycles. The highest BCUT2D eigenvalue weighted by Crippen LogP contribution is 2.43.